The van der Waals surface area contributed by atoms with Gasteiger partial charge in [-0.05, 0) is 74.2 Å². The van der Waals surface area contributed by atoms with Crippen molar-refractivity contribution in [2.75, 3.05) is 10.6 Å². The number of benzene rings is 2. The molecule has 2 aromatic rings. The lowest BCUT2D eigenvalue weighted by atomic mass is 9.94. The van der Waals surface area contributed by atoms with Crippen molar-refractivity contribution in [1.82, 2.24) is 4.90 Å². The molecule has 1 aliphatic heterocycles. The number of halogens is 1. The Labute approximate surface area is 192 Å². The Morgan fingerprint density at radius 3 is 2.16 bits per heavy atom. The van der Waals surface area contributed by atoms with Crippen LogP contribution in [0, 0.1) is 13.8 Å². The average molecular weight is 452 g/mol. The normalized spacial score (nSPS) is 17.2. The molecule has 1 saturated carbocycles. The van der Waals surface area contributed by atoms with Gasteiger partial charge in [-0.25, -0.2) is 0 Å². The first-order chi connectivity index (χ1) is 15.3. The van der Waals surface area contributed by atoms with Crippen molar-refractivity contribution in [3.05, 3.63) is 69.9 Å². The third-order valence-corrected chi connectivity index (χ3v) is 6.25. The van der Waals surface area contributed by atoms with Gasteiger partial charge in [0, 0.05) is 23.0 Å². The van der Waals surface area contributed by atoms with Gasteiger partial charge in [0.25, 0.3) is 17.7 Å². The highest BCUT2D eigenvalue weighted by Gasteiger charge is 2.42. The minimum Gasteiger partial charge on any atom is -0.350 e. The van der Waals surface area contributed by atoms with Crippen LogP contribution in [0.2, 0.25) is 0 Å². The van der Waals surface area contributed by atoms with Gasteiger partial charge in [-0.2, -0.15) is 0 Å². The number of hydrogen-bond acceptors (Lipinski definition) is 4. The van der Waals surface area contributed by atoms with E-state index in [1.807, 2.05) is 32.0 Å². The number of aryl methyl sites for hydroxylation is 2. The van der Waals surface area contributed by atoms with Crippen molar-refractivity contribution in [2.24, 2.45) is 0 Å². The number of carbonyl (C=O) groups excluding carboxylic acids is 3. The largest absolute Gasteiger partial charge is 0.350 e. The van der Waals surface area contributed by atoms with Gasteiger partial charge in [0.1, 0.15) is 10.7 Å². The molecule has 0 radical (unpaired) electrons. The number of hydrogen-bond donors (Lipinski definition) is 2. The first kappa shape index (κ1) is 22.1. The van der Waals surface area contributed by atoms with Crippen LogP contribution >= 0.6 is 11.6 Å². The van der Waals surface area contributed by atoms with E-state index in [0.29, 0.717) is 11.3 Å². The Balaban J connectivity index is 1.44. The molecule has 0 saturated heterocycles. The molecule has 32 heavy (non-hydrogen) atoms. The molecule has 166 valence electrons. The monoisotopic (exact) mass is 451 g/mol. The molecule has 0 spiro atoms. The quantitative estimate of drug-likeness (QED) is 0.618. The number of amides is 3. The van der Waals surface area contributed by atoms with Gasteiger partial charge in [0.05, 0.1) is 0 Å². The van der Waals surface area contributed by atoms with E-state index in [4.69, 9.17) is 11.6 Å². The van der Waals surface area contributed by atoms with Crippen LogP contribution in [0.5, 0.6) is 0 Å². The third-order valence-electron chi connectivity index (χ3n) is 5.89. The van der Waals surface area contributed by atoms with Gasteiger partial charge < -0.3 is 10.6 Å². The van der Waals surface area contributed by atoms with Crippen LogP contribution in [0.25, 0.3) is 0 Å². The predicted molar refractivity (Wildman–Crippen MR) is 126 cm³/mol. The van der Waals surface area contributed by atoms with Crippen LogP contribution in [-0.4, -0.2) is 28.7 Å². The van der Waals surface area contributed by atoms with E-state index < -0.39 is 5.91 Å². The second-order valence-electron chi connectivity index (χ2n) is 8.49. The lowest BCUT2D eigenvalue weighted by molar-refractivity contribution is -0.140. The number of anilines is 2. The van der Waals surface area contributed by atoms with Crippen LogP contribution in [-0.2, 0) is 9.59 Å². The van der Waals surface area contributed by atoms with Gasteiger partial charge in [0.2, 0.25) is 0 Å². The maximum absolute atomic E-state index is 12.9. The SMILES string of the molecule is Cc1cc(C)cc(NC(=O)c2ccc(NC3=C(Cl)C(=O)N(C4CCCCC4)C3=O)cc2)c1. The smallest absolute Gasteiger partial charge is 0.279 e. The summed E-state index contributed by atoms with van der Waals surface area (Å²) in [4.78, 5) is 39.4. The molecule has 0 unspecified atom stereocenters. The van der Waals surface area contributed by atoms with Crippen LogP contribution in [0.4, 0.5) is 11.4 Å². The molecule has 2 aromatic carbocycles. The summed E-state index contributed by atoms with van der Waals surface area (Å²) in [5.41, 5.74) is 4.03. The molecular formula is C25H26ClN3O3. The molecule has 6 nitrogen and oxygen atoms in total. The van der Waals surface area contributed by atoms with Crippen LogP contribution in [0.1, 0.15) is 53.6 Å². The van der Waals surface area contributed by atoms with Gasteiger partial charge >= 0.3 is 0 Å². The highest BCUT2D eigenvalue weighted by molar-refractivity contribution is 6.48. The van der Waals surface area contributed by atoms with Crippen molar-refractivity contribution in [1.29, 1.82) is 0 Å². The van der Waals surface area contributed by atoms with E-state index in [1.165, 1.54) is 4.90 Å². The minimum absolute atomic E-state index is 0.0859. The van der Waals surface area contributed by atoms with Gasteiger partial charge in [0.15, 0.2) is 0 Å². The fourth-order valence-electron chi connectivity index (χ4n) is 4.40. The molecule has 4 rings (SSSR count). The van der Waals surface area contributed by atoms with E-state index in [0.717, 1.165) is 48.9 Å². The Hall–Kier alpha value is -3.12. The van der Waals surface area contributed by atoms with Crippen molar-refractivity contribution in [3.8, 4) is 0 Å². The second-order valence-corrected chi connectivity index (χ2v) is 8.87. The molecule has 0 atom stereocenters. The summed E-state index contributed by atoms with van der Waals surface area (Å²) in [5, 5.41) is 5.79. The molecule has 2 N–H and O–H groups in total. The standard InChI is InChI=1S/C25H26ClN3O3/c1-15-12-16(2)14-19(13-15)28-23(30)17-8-10-18(11-9-17)27-22-21(26)24(31)29(25(22)32)20-6-4-3-5-7-20/h8-14,20,27H,3-7H2,1-2H3,(H,28,30). The third kappa shape index (κ3) is 4.55. The number of carbonyl (C=O) groups is 3. The molecule has 1 aliphatic carbocycles. The summed E-state index contributed by atoms with van der Waals surface area (Å²) >= 11 is 6.23. The maximum atomic E-state index is 12.9. The van der Waals surface area contributed by atoms with Crippen molar-refractivity contribution in [2.45, 2.75) is 52.0 Å². The van der Waals surface area contributed by atoms with E-state index in [-0.39, 0.29) is 28.6 Å². The van der Waals surface area contributed by atoms with E-state index >= 15 is 0 Å². The summed E-state index contributed by atoms with van der Waals surface area (Å²) in [7, 11) is 0. The lowest BCUT2D eigenvalue weighted by Crippen LogP contribution is -2.42. The number of rotatable bonds is 5. The summed E-state index contributed by atoms with van der Waals surface area (Å²) in [6.45, 7) is 3.96. The Morgan fingerprint density at radius 2 is 1.53 bits per heavy atom. The van der Waals surface area contributed by atoms with E-state index in [9.17, 15) is 14.4 Å². The predicted octanol–water partition coefficient (Wildman–Crippen LogP) is 5.12. The molecule has 0 bridgehead atoms. The Bertz CT molecular complexity index is 1080. The van der Waals surface area contributed by atoms with Crippen LogP contribution in [0.15, 0.2) is 53.2 Å². The fraction of sp³-hybridized carbons (Fsp3) is 0.320. The lowest BCUT2D eigenvalue weighted by Gasteiger charge is -2.29. The summed E-state index contributed by atoms with van der Waals surface area (Å²) in [6.07, 6.45) is 4.78. The highest BCUT2D eigenvalue weighted by Crippen LogP contribution is 2.32. The number of nitrogens with zero attached hydrogens (tertiary/aromatic N) is 1. The fourth-order valence-corrected chi connectivity index (χ4v) is 4.62. The Morgan fingerprint density at radius 1 is 0.906 bits per heavy atom. The van der Waals surface area contributed by atoms with Crippen LogP contribution < -0.4 is 10.6 Å². The first-order valence-electron chi connectivity index (χ1n) is 10.9. The Kier molecular flexibility index (Phi) is 6.33. The zero-order chi connectivity index (χ0) is 22.8. The van der Waals surface area contributed by atoms with Crippen molar-refractivity contribution >= 4 is 40.7 Å². The minimum atomic E-state index is -0.435. The molecule has 0 aromatic heterocycles. The van der Waals surface area contributed by atoms with Gasteiger partial charge in [-0.15, -0.1) is 0 Å². The van der Waals surface area contributed by atoms with Gasteiger partial charge in [-0.1, -0.05) is 36.9 Å². The molecule has 2 aliphatic rings. The molecular weight excluding hydrogens is 426 g/mol. The zero-order valence-electron chi connectivity index (χ0n) is 18.2. The molecule has 1 fully saturated rings. The van der Waals surface area contributed by atoms with E-state index in [2.05, 4.69) is 10.6 Å². The number of nitrogens with one attached hydrogen (secondary N) is 2. The second kappa shape index (κ2) is 9.17. The zero-order valence-corrected chi connectivity index (χ0v) is 19.0. The summed E-state index contributed by atoms with van der Waals surface area (Å²) < 4.78 is 0. The molecule has 1 heterocycles. The topological polar surface area (TPSA) is 78.5 Å². The first-order valence-corrected chi connectivity index (χ1v) is 11.3. The maximum Gasteiger partial charge on any atom is 0.279 e. The molecule has 3 amide bonds. The molecule has 7 heteroatoms. The highest BCUT2D eigenvalue weighted by atomic mass is 35.5. The van der Waals surface area contributed by atoms with Crippen molar-refractivity contribution in [3.63, 3.8) is 0 Å². The van der Waals surface area contributed by atoms with Gasteiger partial charge in [-0.3, -0.25) is 19.3 Å². The average Bonchev–Trinajstić information content (AvgIpc) is 2.97. The summed E-state index contributed by atoms with van der Waals surface area (Å²) in [6, 6.07) is 12.5. The van der Waals surface area contributed by atoms with Crippen LogP contribution in [0.3, 0.4) is 0 Å². The van der Waals surface area contributed by atoms with Crippen molar-refractivity contribution < 1.29 is 14.4 Å². The summed E-state index contributed by atoms with van der Waals surface area (Å²) in [5.74, 6) is -1.05. The van der Waals surface area contributed by atoms with E-state index in [1.54, 1.807) is 24.3 Å². The number of imide groups is 1.